The molecule has 1 aromatic rings. The minimum Gasteiger partial charge on any atom is -0.366 e. The zero-order chi connectivity index (χ0) is 10.9. The van der Waals surface area contributed by atoms with Crippen LogP contribution in [0.3, 0.4) is 0 Å². The van der Waals surface area contributed by atoms with Crippen LogP contribution in [0.1, 0.15) is 19.5 Å². The quantitative estimate of drug-likeness (QED) is 0.787. The lowest BCUT2D eigenvalue weighted by atomic mass is 9.92. The molecule has 1 aliphatic rings. The van der Waals surface area contributed by atoms with Gasteiger partial charge in [-0.1, -0.05) is 11.6 Å². The highest BCUT2D eigenvalue weighted by atomic mass is 35.5. The maximum Gasteiger partial charge on any atom is 0.151 e. The molecule has 4 nitrogen and oxygen atoms in total. The van der Waals surface area contributed by atoms with Gasteiger partial charge in [0, 0.05) is 12.6 Å². The number of nitrogens with zero attached hydrogens (tertiary/aromatic N) is 2. The molecule has 2 unspecified atom stereocenters. The smallest absolute Gasteiger partial charge is 0.151 e. The van der Waals surface area contributed by atoms with Crippen LogP contribution in [0.2, 0.25) is 5.15 Å². The molecule has 1 saturated heterocycles. The van der Waals surface area contributed by atoms with Crippen molar-refractivity contribution in [3.8, 4) is 0 Å². The molecule has 2 rings (SSSR count). The molecule has 82 valence electrons. The van der Waals surface area contributed by atoms with Crippen molar-refractivity contribution >= 4 is 11.6 Å². The Morgan fingerprint density at radius 2 is 2.33 bits per heavy atom. The van der Waals surface area contributed by atoms with E-state index in [1.807, 2.05) is 13.0 Å². The molecule has 1 aromatic heterocycles. The van der Waals surface area contributed by atoms with E-state index in [4.69, 9.17) is 16.3 Å². The number of halogens is 1. The first-order chi connectivity index (χ1) is 7.13. The van der Waals surface area contributed by atoms with Gasteiger partial charge < -0.3 is 10.1 Å². The maximum absolute atomic E-state index is 5.80. The average molecular weight is 228 g/mol. The minimum absolute atomic E-state index is 0.210. The Morgan fingerprint density at radius 1 is 1.53 bits per heavy atom. The molecule has 15 heavy (non-hydrogen) atoms. The topological polar surface area (TPSA) is 47.0 Å². The number of aromatic nitrogens is 2. The average Bonchev–Trinajstić information content (AvgIpc) is 2.23. The third-order valence-corrected chi connectivity index (χ3v) is 3.12. The van der Waals surface area contributed by atoms with Crippen LogP contribution < -0.4 is 5.32 Å². The van der Waals surface area contributed by atoms with E-state index in [-0.39, 0.29) is 6.04 Å². The highest BCUT2D eigenvalue weighted by molar-refractivity contribution is 6.29. The van der Waals surface area contributed by atoms with E-state index in [9.17, 15) is 0 Å². The fourth-order valence-electron chi connectivity index (χ4n) is 1.73. The number of morpholine rings is 1. The van der Waals surface area contributed by atoms with Gasteiger partial charge in [-0.15, -0.1) is 5.10 Å². The van der Waals surface area contributed by atoms with Crippen molar-refractivity contribution in [1.29, 1.82) is 0 Å². The number of nitrogens with one attached hydrogen (secondary N) is 1. The van der Waals surface area contributed by atoms with E-state index in [0.29, 0.717) is 11.8 Å². The minimum atomic E-state index is -0.421. The zero-order valence-electron chi connectivity index (χ0n) is 8.83. The van der Waals surface area contributed by atoms with Crippen LogP contribution in [0.25, 0.3) is 0 Å². The summed E-state index contributed by atoms with van der Waals surface area (Å²) in [6, 6.07) is 3.81. The fourth-order valence-corrected chi connectivity index (χ4v) is 1.84. The molecule has 0 aromatic carbocycles. The molecule has 1 aliphatic heterocycles. The molecule has 0 radical (unpaired) electrons. The number of hydrogen-bond acceptors (Lipinski definition) is 4. The molecule has 0 bridgehead atoms. The third kappa shape index (κ3) is 1.97. The summed E-state index contributed by atoms with van der Waals surface area (Å²) in [4.78, 5) is 0. The standard InChI is InChI=1S/C10H14ClN3O/c1-7-10(2,15-6-5-12-7)8-3-4-9(11)14-13-8/h3-4,7,12H,5-6H2,1-2H3. The molecule has 0 saturated carbocycles. The second-order valence-corrected chi connectivity index (χ2v) is 4.26. The Balaban J connectivity index is 2.30. The van der Waals surface area contributed by atoms with E-state index >= 15 is 0 Å². The number of rotatable bonds is 1. The normalized spacial score (nSPS) is 31.5. The van der Waals surface area contributed by atoms with Crippen LogP contribution in [-0.2, 0) is 10.3 Å². The monoisotopic (exact) mass is 227 g/mol. The summed E-state index contributed by atoms with van der Waals surface area (Å²) in [5.41, 5.74) is 0.391. The molecule has 1 N–H and O–H groups in total. The van der Waals surface area contributed by atoms with Gasteiger partial charge in [-0.05, 0) is 26.0 Å². The molecular weight excluding hydrogens is 214 g/mol. The van der Waals surface area contributed by atoms with Crippen molar-refractivity contribution in [2.45, 2.75) is 25.5 Å². The first kappa shape index (κ1) is 10.8. The summed E-state index contributed by atoms with van der Waals surface area (Å²) in [6.45, 7) is 5.65. The maximum atomic E-state index is 5.80. The molecule has 1 fully saturated rings. The third-order valence-electron chi connectivity index (χ3n) is 2.92. The van der Waals surface area contributed by atoms with Crippen LogP contribution in [-0.4, -0.2) is 29.4 Å². The van der Waals surface area contributed by atoms with Crippen LogP contribution in [0.4, 0.5) is 0 Å². The lowest BCUT2D eigenvalue weighted by Crippen LogP contribution is -2.53. The van der Waals surface area contributed by atoms with Crippen molar-refractivity contribution in [3.63, 3.8) is 0 Å². The van der Waals surface area contributed by atoms with E-state index in [1.165, 1.54) is 0 Å². The largest absolute Gasteiger partial charge is 0.366 e. The second-order valence-electron chi connectivity index (χ2n) is 3.87. The van der Waals surface area contributed by atoms with Crippen LogP contribution in [0.5, 0.6) is 0 Å². The molecule has 2 heterocycles. The van der Waals surface area contributed by atoms with Crippen molar-refractivity contribution < 1.29 is 4.74 Å². The molecule has 2 atom stereocenters. The van der Waals surface area contributed by atoms with Gasteiger partial charge >= 0.3 is 0 Å². The lowest BCUT2D eigenvalue weighted by Gasteiger charge is -2.39. The van der Waals surface area contributed by atoms with Gasteiger partial charge in [0.1, 0.15) is 5.60 Å². The Kier molecular flexibility index (Phi) is 2.91. The first-order valence-corrected chi connectivity index (χ1v) is 5.38. The Morgan fingerprint density at radius 3 is 2.93 bits per heavy atom. The highest BCUT2D eigenvalue weighted by Gasteiger charge is 2.38. The molecular formula is C10H14ClN3O. The van der Waals surface area contributed by atoms with Gasteiger partial charge in [0.05, 0.1) is 12.3 Å². The zero-order valence-corrected chi connectivity index (χ0v) is 9.58. The lowest BCUT2D eigenvalue weighted by molar-refractivity contribution is -0.0883. The van der Waals surface area contributed by atoms with Crippen LogP contribution >= 0.6 is 11.6 Å². The van der Waals surface area contributed by atoms with E-state index < -0.39 is 5.60 Å². The van der Waals surface area contributed by atoms with Gasteiger partial charge in [0.15, 0.2) is 5.15 Å². The summed E-state index contributed by atoms with van der Waals surface area (Å²) in [5, 5.41) is 11.7. The molecule has 0 aliphatic carbocycles. The van der Waals surface area contributed by atoms with Gasteiger partial charge in [-0.2, -0.15) is 5.10 Å². The molecule has 5 heteroatoms. The van der Waals surface area contributed by atoms with E-state index in [2.05, 4.69) is 22.4 Å². The van der Waals surface area contributed by atoms with Crippen LogP contribution in [0.15, 0.2) is 12.1 Å². The van der Waals surface area contributed by atoms with Gasteiger partial charge in [-0.25, -0.2) is 0 Å². The van der Waals surface area contributed by atoms with Gasteiger partial charge in [0.25, 0.3) is 0 Å². The van der Waals surface area contributed by atoms with E-state index in [1.54, 1.807) is 6.07 Å². The first-order valence-electron chi connectivity index (χ1n) is 5.00. The molecule has 0 amide bonds. The van der Waals surface area contributed by atoms with E-state index in [0.717, 1.165) is 12.2 Å². The summed E-state index contributed by atoms with van der Waals surface area (Å²) in [5.74, 6) is 0. The predicted molar refractivity (Wildman–Crippen MR) is 57.8 cm³/mol. The van der Waals surface area contributed by atoms with Gasteiger partial charge in [0.2, 0.25) is 0 Å². The summed E-state index contributed by atoms with van der Waals surface area (Å²) >= 11 is 5.70. The summed E-state index contributed by atoms with van der Waals surface area (Å²) in [6.07, 6.45) is 0. The molecule has 0 spiro atoms. The Hall–Kier alpha value is -0.710. The number of ether oxygens (including phenoxy) is 1. The highest BCUT2D eigenvalue weighted by Crippen LogP contribution is 2.29. The Bertz CT molecular complexity index is 343. The van der Waals surface area contributed by atoms with Gasteiger partial charge in [-0.3, -0.25) is 0 Å². The van der Waals surface area contributed by atoms with Crippen molar-refractivity contribution in [2.75, 3.05) is 13.2 Å². The summed E-state index contributed by atoms with van der Waals surface area (Å²) < 4.78 is 5.80. The second kappa shape index (κ2) is 4.04. The predicted octanol–water partition coefficient (Wildman–Crippen LogP) is 1.35. The van der Waals surface area contributed by atoms with Crippen LogP contribution in [0, 0.1) is 0 Å². The van der Waals surface area contributed by atoms with Crippen molar-refractivity contribution in [1.82, 2.24) is 15.5 Å². The van der Waals surface area contributed by atoms with Crippen molar-refractivity contribution in [3.05, 3.63) is 23.0 Å². The van der Waals surface area contributed by atoms with Crippen molar-refractivity contribution in [2.24, 2.45) is 0 Å². The SMILES string of the molecule is CC1NCCOC1(C)c1ccc(Cl)nn1. The fraction of sp³-hybridized carbons (Fsp3) is 0.600. The Labute approximate surface area is 94.0 Å². The summed E-state index contributed by atoms with van der Waals surface area (Å²) in [7, 11) is 0. The number of hydrogen-bond donors (Lipinski definition) is 1.